The molecule has 0 aliphatic carbocycles. The van der Waals surface area contributed by atoms with Gasteiger partial charge < -0.3 is 4.90 Å². The Bertz CT molecular complexity index is 794. The largest absolute Gasteiger partial charge is 0.335 e. The van der Waals surface area contributed by atoms with E-state index in [4.69, 9.17) is 28.5 Å². The molecule has 0 N–H and O–H groups in total. The van der Waals surface area contributed by atoms with Gasteiger partial charge in [0.1, 0.15) is 0 Å². The third-order valence-corrected chi connectivity index (χ3v) is 4.66. The zero-order valence-corrected chi connectivity index (χ0v) is 15.2. The Morgan fingerprint density at radius 2 is 1.92 bits per heavy atom. The Hall–Kier alpha value is -2.28. The summed E-state index contributed by atoms with van der Waals surface area (Å²) >= 11 is 12.2. The predicted octanol–water partition coefficient (Wildman–Crippen LogP) is 5.01. The van der Waals surface area contributed by atoms with Crippen molar-refractivity contribution >= 4 is 29.1 Å². The number of hydrogen-bond donors (Lipinski definition) is 0. The Morgan fingerprint density at radius 3 is 2.56 bits per heavy atom. The fourth-order valence-corrected chi connectivity index (χ4v) is 2.87. The molecule has 0 aliphatic rings. The van der Waals surface area contributed by atoms with Crippen molar-refractivity contribution in [1.82, 2.24) is 4.90 Å². The van der Waals surface area contributed by atoms with E-state index >= 15 is 0 Å². The third-order valence-electron chi connectivity index (χ3n) is 3.80. The number of nitrogens with zero attached hydrogens (tertiary/aromatic N) is 2. The molecule has 1 amide bonds. The number of carbonyl (C=O) groups is 1. The van der Waals surface area contributed by atoms with E-state index in [1.807, 2.05) is 24.3 Å². The van der Waals surface area contributed by atoms with Crippen LogP contribution >= 0.6 is 23.2 Å². The van der Waals surface area contributed by atoms with Crippen molar-refractivity contribution in [2.24, 2.45) is 0 Å². The minimum absolute atomic E-state index is 0.0142. The molecule has 0 bridgehead atoms. The number of hydrogen-bond acceptors (Lipinski definition) is 2. The Balaban J connectivity index is 2.03. The first-order valence-corrected chi connectivity index (χ1v) is 8.61. The molecule has 3 nitrogen and oxygen atoms in total. The monoisotopic (exact) mass is 372 g/mol. The zero-order valence-electron chi connectivity index (χ0n) is 13.7. The molecular weight excluding hydrogens is 355 g/mol. The van der Waals surface area contributed by atoms with Gasteiger partial charge in [-0.2, -0.15) is 5.26 Å². The quantitative estimate of drug-likeness (QED) is 0.640. The van der Waals surface area contributed by atoms with E-state index in [0.717, 1.165) is 11.1 Å². The minimum Gasteiger partial charge on any atom is -0.335 e. The van der Waals surface area contributed by atoms with Crippen LogP contribution in [0.15, 0.2) is 55.1 Å². The second-order valence-electron chi connectivity index (χ2n) is 5.58. The molecule has 2 aromatic carbocycles. The number of carbonyl (C=O) groups excluding carboxylic acids is 1. The van der Waals surface area contributed by atoms with Gasteiger partial charge in [-0.25, -0.2) is 0 Å². The first kappa shape index (κ1) is 19.1. The van der Waals surface area contributed by atoms with Crippen LogP contribution in [0.3, 0.4) is 0 Å². The molecule has 128 valence electrons. The van der Waals surface area contributed by atoms with E-state index in [1.54, 1.807) is 29.2 Å². The van der Waals surface area contributed by atoms with Crippen molar-refractivity contribution in [3.63, 3.8) is 0 Å². The van der Waals surface area contributed by atoms with Crippen LogP contribution < -0.4 is 0 Å². The molecule has 0 spiro atoms. The molecular formula is C20H18Cl2N2O. The normalized spacial score (nSPS) is 10.1. The van der Waals surface area contributed by atoms with Gasteiger partial charge in [-0.1, -0.05) is 53.5 Å². The number of nitriles is 1. The van der Waals surface area contributed by atoms with E-state index < -0.39 is 0 Å². The number of amides is 1. The average Bonchev–Trinajstić information content (AvgIpc) is 2.63. The lowest BCUT2D eigenvalue weighted by Gasteiger charge is -2.21. The van der Waals surface area contributed by atoms with Gasteiger partial charge in [-0.05, 0) is 35.7 Å². The van der Waals surface area contributed by atoms with Crippen molar-refractivity contribution in [1.29, 1.82) is 5.26 Å². The summed E-state index contributed by atoms with van der Waals surface area (Å²) in [5.74, 6) is 0.0142. The van der Waals surface area contributed by atoms with Gasteiger partial charge in [0.15, 0.2) is 0 Å². The van der Waals surface area contributed by atoms with Gasteiger partial charge in [0.2, 0.25) is 5.91 Å². The molecule has 0 saturated carbocycles. The summed E-state index contributed by atoms with van der Waals surface area (Å²) in [5.41, 5.74) is 2.43. The molecule has 0 atom stereocenters. The predicted molar refractivity (Wildman–Crippen MR) is 102 cm³/mol. The highest BCUT2D eigenvalue weighted by molar-refractivity contribution is 6.42. The molecule has 2 aromatic rings. The van der Waals surface area contributed by atoms with Crippen molar-refractivity contribution < 1.29 is 4.79 Å². The first-order chi connectivity index (χ1) is 12.0. The number of aryl methyl sites for hydroxylation is 1. The molecule has 25 heavy (non-hydrogen) atoms. The number of rotatable bonds is 7. The highest BCUT2D eigenvalue weighted by Gasteiger charge is 2.14. The zero-order chi connectivity index (χ0) is 18.2. The topological polar surface area (TPSA) is 44.1 Å². The van der Waals surface area contributed by atoms with Gasteiger partial charge in [0.05, 0.1) is 21.7 Å². The lowest BCUT2D eigenvalue weighted by molar-refractivity contribution is -0.131. The maximum atomic E-state index is 12.6. The van der Waals surface area contributed by atoms with E-state index in [9.17, 15) is 4.79 Å². The summed E-state index contributed by atoms with van der Waals surface area (Å²) in [5, 5.41) is 9.85. The van der Waals surface area contributed by atoms with Crippen molar-refractivity contribution in [3.05, 3.63) is 81.9 Å². The highest BCUT2D eigenvalue weighted by atomic mass is 35.5. The van der Waals surface area contributed by atoms with Crippen LogP contribution in [-0.4, -0.2) is 17.4 Å². The van der Waals surface area contributed by atoms with Crippen LogP contribution in [0.1, 0.15) is 23.1 Å². The molecule has 0 aliphatic heterocycles. The summed E-state index contributed by atoms with van der Waals surface area (Å²) in [6.07, 6.45) is 2.57. The van der Waals surface area contributed by atoms with Crippen molar-refractivity contribution in [2.45, 2.75) is 19.4 Å². The summed E-state index contributed by atoms with van der Waals surface area (Å²) in [6, 6.07) is 14.7. The van der Waals surface area contributed by atoms with Gasteiger partial charge in [0, 0.05) is 19.5 Å². The second-order valence-corrected chi connectivity index (χ2v) is 6.37. The number of halogens is 2. The lowest BCUT2D eigenvalue weighted by atomic mass is 10.1. The summed E-state index contributed by atoms with van der Waals surface area (Å²) < 4.78 is 0. The Labute approximate surface area is 158 Å². The standard InChI is InChI=1S/C20H18Cl2N2O/c1-2-12-24(14-16-8-6-15(13-23)7-9-16)19(25)11-10-17-4-3-5-18(21)20(17)22/h2-9H,1,10-12,14H2. The van der Waals surface area contributed by atoms with Crippen LogP contribution in [0.2, 0.25) is 10.0 Å². The van der Waals surface area contributed by atoms with Gasteiger partial charge in [-0.3, -0.25) is 4.79 Å². The molecule has 0 aromatic heterocycles. The fraction of sp³-hybridized carbons (Fsp3) is 0.200. The summed E-state index contributed by atoms with van der Waals surface area (Å²) in [7, 11) is 0. The summed E-state index contributed by atoms with van der Waals surface area (Å²) in [6.45, 7) is 4.65. The van der Waals surface area contributed by atoms with Gasteiger partial charge in [0.25, 0.3) is 0 Å². The highest BCUT2D eigenvalue weighted by Crippen LogP contribution is 2.26. The summed E-state index contributed by atoms with van der Waals surface area (Å²) in [4.78, 5) is 14.3. The Kier molecular flexibility index (Phi) is 7.06. The second kappa shape index (κ2) is 9.27. The number of benzene rings is 2. The molecule has 0 radical (unpaired) electrons. The van der Waals surface area contributed by atoms with E-state index in [0.29, 0.717) is 41.5 Å². The van der Waals surface area contributed by atoms with Gasteiger partial charge >= 0.3 is 0 Å². The molecule has 2 rings (SSSR count). The van der Waals surface area contributed by atoms with Crippen LogP contribution in [0, 0.1) is 11.3 Å². The van der Waals surface area contributed by atoms with E-state index in [2.05, 4.69) is 12.6 Å². The molecule has 0 fully saturated rings. The van der Waals surface area contributed by atoms with Crippen LogP contribution in [0.25, 0.3) is 0 Å². The first-order valence-electron chi connectivity index (χ1n) is 7.85. The maximum absolute atomic E-state index is 12.6. The third kappa shape index (κ3) is 5.35. The lowest BCUT2D eigenvalue weighted by Crippen LogP contribution is -2.30. The Morgan fingerprint density at radius 1 is 1.20 bits per heavy atom. The molecule has 5 heteroatoms. The minimum atomic E-state index is 0.0142. The van der Waals surface area contributed by atoms with Gasteiger partial charge in [-0.15, -0.1) is 6.58 Å². The van der Waals surface area contributed by atoms with E-state index in [-0.39, 0.29) is 5.91 Å². The maximum Gasteiger partial charge on any atom is 0.223 e. The molecule has 0 heterocycles. The smallest absolute Gasteiger partial charge is 0.223 e. The van der Waals surface area contributed by atoms with Crippen LogP contribution in [0.4, 0.5) is 0 Å². The SMILES string of the molecule is C=CCN(Cc1ccc(C#N)cc1)C(=O)CCc1cccc(Cl)c1Cl. The van der Waals surface area contributed by atoms with Crippen LogP contribution in [-0.2, 0) is 17.8 Å². The van der Waals surface area contributed by atoms with Crippen molar-refractivity contribution in [2.75, 3.05) is 6.54 Å². The fourth-order valence-electron chi connectivity index (χ4n) is 2.46. The van der Waals surface area contributed by atoms with Crippen molar-refractivity contribution in [3.8, 4) is 6.07 Å². The molecule has 0 saturated heterocycles. The van der Waals surface area contributed by atoms with E-state index in [1.165, 1.54) is 0 Å². The average molecular weight is 373 g/mol. The van der Waals surface area contributed by atoms with Crippen LogP contribution in [0.5, 0.6) is 0 Å². The molecule has 0 unspecified atom stereocenters.